The summed E-state index contributed by atoms with van der Waals surface area (Å²) in [7, 11) is 2.09. The van der Waals surface area contributed by atoms with Gasteiger partial charge in [-0.25, -0.2) is 0 Å². The molecule has 3 fully saturated rings. The van der Waals surface area contributed by atoms with Crippen molar-refractivity contribution in [1.82, 2.24) is 10.3 Å². The van der Waals surface area contributed by atoms with Crippen molar-refractivity contribution < 1.29 is 4.74 Å². The maximum absolute atomic E-state index is 7.42. The fourth-order valence-electron chi connectivity index (χ4n) is 8.97. The van der Waals surface area contributed by atoms with E-state index in [1.54, 1.807) is 5.57 Å². The van der Waals surface area contributed by atoms with E-state index in [0.29, 0.717) is 23.2 Å². The summed E-state index contributed by atoms with van der Waals surface area (Å²) >= 11 is 0. The molecule has 34 heavy (non-hydrogen) atoms. The molecular formula is C31H42N2O. The molecule has 1 saturated heterocycles. The van der Waals surface area contributed by atoms with Gasteiger partial charge in [0.15, 0.2) is 0 Å². The molecule has 1 N–H and O–H groups in total. The Morgan fingerprint density at radius 3 is 2.97 bits per heavy atom. The third-order valence-corrected chi connectivity index (χ3v) is 10.6. The van der Waals surface area contributed by atoms with Crippen molar-refractivity contribution in [2.24, 2.45) is 29.1 Å². The lowest BCUT2D eigenvalue weighted by Crippen LogP contribution is -2.55. The van der Waals surface area contributed by atoms with Crippen LogP contribution in [-0.2, 0) is 4.74 Å². The summed E-state index contributed by atoms with van der Waals surface area (Å²) in [5, 5.41) is 3.42. The molecule has 1 unspecified atom stereocenters. The molecule has 6 rings (SSSR count). The molecule has 0 radical (unpaired) electrons. The number of hydrogen-bond donors (Lipinski definition) is 1. The van der Waals surface area contributed by atoms with Crippen molar-refractivity contribution in [1.29, 1.82) is 0 Å². The molecule has 3 heterocycles. The highest BCUT2D eigenvalue weighted by atomic mass is 16.5. The average molecular weight is 459 g/mol. The lowest BCUT2D eigenvalue weighted by Gasteiger charge is -2.56. The summed E-state index contributed by atoms with van der Waals surface area (Å²) in [5.74, 6) is 2.67. The summed E-state index contributed by atoms with van der Waals surface area (Å²) in [6.07, 6.45) is 23.9. The maximum Gasteiger partial charge on any atom is 0.0944 e. The van der Waals surface area contributed by atoms with Gasteiger partial charge in [0.2, 0.25) is 0 Å². The van der Waals surface area contributed by atoms with Crippen LogP contribution >= 0.6 is 0 Å². The van der Waals surface area contributed by atoms with E-state index in [2.05, 4.69) is 68.5 Å². The van der Waals surface area contributed by atoms with Crippen LogP contribution in [0, 0.1) is 36.0 Å². The summed E-state index contributed by atoms with van der Waals surface area (Å²) in [6.45, 7) is 8.33. The van der Waals surface area contributed by atoms with Gasteiger partial charge in [0.05, 0.1) is 11.2 Å². The number of rotatable bonds is 5. The minimum absolute atomic E-state index is 0.00570. The Morgan fingerprint density at radius 1 is 1.26 bits per heavy atom. The van der Waals surface area contributed by atoms with Crippen LogP contribution in [0.5, 0.6) is 0 Å². The van der Waals surface area contributed by atoms with Gasteiger partial charge in [-0.05, 0) is 129 Å². The second kappa shape index (κ2) is 8.17. The monoisotopic (exact) mass is 458 g/mol. The Hall–Kier alpha value is -1.71. The molecule has 2 saturated carbocycles. The van der Waals surface area contributed by atoms with Gasteiger partial charge in [0, 0.05) is 12.4 Å². The first-order chi connectivity index (χ1) is 16.4. The van der Waals surface area contributed by atoms with Crippen LogP contribution in [0.2, 0.25) is 0 Å². The molecule has 2 spiro atoms. The van der Waals surface area contributed by atoms with E-state index in [0.717, 1.165) is 12.5 Å². The number of fused-ring (bicyclic) bond motifs is 1. The molecule has 182 valence electrons. The zero-order valence-corrected chi connectivity index (χ0v) is 21.6. The minimum Gasteiger partial charge on any atom is -0.359 e. The first-order valence-corrected chi connectivity index (χ1v) is 13.8. The van der Waals surface area contributed by atoms with E-state index in [1.807, 2.05) is 12.4 Å². The Bertz CT molecular complexity index is 1060. The molecule has 0 aromatic carbocycles. The summed E-state index contributed by atoms with van der Waals surface area (Å²) in [4.78, 5) is 4.26. The van der Waals surface area contributed by atoms with Crippen LogP contribution in [0.1, 0.15) is 76.3 Å². The van der Waals surface area contributed by atoms with Crippen LogP contribution in [-0.4, -0.2) is 29.8 Å². The largest absolute Gasteiger partial charge is 0.359 e. The maximum atomic E-state index is 7.42. The van der Waals surface area contributed by atoms with E-state index in [1.165, 1.54) is 68.1 Å². The van der Waals surface area contributed by atoms with Gasteiger partial charge in [-0.15, -0.1) is 0 Å². The van der Waals surface area contributed by atoms with Gasteiger partial charge >= 0.3 is 0 Å². The Morgan fingerprint density at radius 2 is 2.15 bits per heavy atom. The second-order valence-corrected chi connectivity index (χ2v) is 12.4. The Balaban J connectivity index is 1.28. The van der Waals surface area contributed by atoms with Crippen molar-refractivity contribution in [3.05, 3.63) is 59.0 Å². The van der Waals surface area contributed by atoms with Gasteiger partial charge in [-0.3, -0.25) is 4.98 Å². The number of ether oxygens (including phenoxy) is 1. The molecule has 3 heteroatoms. The van der Waals surface area contributed by atoms with Crippen molar-refractivity contribution in [2.75, 3.05) is 13.6 Å². The zero-order chi connectivity index (χ0) is 23.6. The number of aromatic nitrogens is 1. The molecule has 5 aliphatic rings. The summed E-state index contributed by atoms with van der Waals surface area (Å²) < 4.78 is 7.42. The van der Waals surface area contributed by atoms with E-state index in [4.69, 9.17) is 4.74 Å². The predicted molar refractivity (Wildman–Crippen MR) is 139 cm³/mol. The molecular weight excluding hydrogens is 416 g/mol. The fourth-order valence-corrected chi connectivity index (χ4v) is 8.97. The quantitative estimate of drug-likeness (QED) is 0.536. The van der Waals surface area contributed by atoms with Gasteiger partial charge in [-0.2, -0.15) is 0 Å². The highest BCUT2D eigenvalue weighted by molar-refractivity contribution is 5.52. The van der Waals surface area contributed by atoms with Gasteiger partial charge in [0.25, 0.3) is 0 Å². The number of nitrogens with zero attached hydrogens (tertiary/aromatic N) is 1. The fraction of sp³-hybridized carbons (Fsp3) is 0.645. The van der Waals surface area contributed by atoms with Gasteiger partial charge in [0.1, 0.15) is 0 Å². The summed E-state index contributed by atoms with van der Waals surface area (Å²) in [5.41, 5.74) is 6.07. The normalized spacial score (nSPS) is 41.5. The Kier molecular flexibility index (Phi) is 5.46. The van der Waals surface area contributed by atoms with Gasteiger partial charge in [-0.1, -0.05) is 38.2 Å². The van der Waals surface area contributed by atoms with Crippen LogP contribution in [0.25, 0.3) is 6.08 Å². The average Bonchev–Trinajstić information content (AvgIpc) is 3.34. The standard InChI is InChI=1S/C31H42N2O/c1-21(5-7-24-12-16-33-19-22(24)2)27-9-10-28-29(27,3)13-11-26-17-25-8-6-23(20-32-4)18-30(25)14-15-31(26,28)34-30/h5,7-8,12,16-17,19,21,23,27-28,32H,6,9-11,13-15,18,20H2,1-4H3/b7-5+/t21?,23-,27-,28-,29-,30-,31-/m1/s1. The number of aryl methyl sites for hydroxylation is 1. The molecule has 1 aromatic heterocycles. The topological polar surface area (TPSA) is 34.2 Å². The van der Waals surface area contributed by atoms with E-state index in [9.17, 15) is 0 Å². The van der Waals surface area contributed by atoms with Crippen LogP contribution in [0.3, 0.4) is 0 Å². The predicted octanol–water partition coefficient (Wildman–Crippen LogP) is 6.65. The van der Waals surface area contributed by atoms with Crippen LogP contribution in [0.15, 0.2) is 47.8 Å². The SMILES string of the molecule is CNC[C@@H]1CC=C2C=C3CC[C@]4(C)[C@@H](C(C)/C=C/c5ccncc5C)CC[C@H]4[C@@]34CC[C@]2(C1)O4. The number of hydrogen-bond acceptors (Lipinski definition) is 3. The third-order valence-electron chi connectivity index (χ3n) is 10.6. The first-order valence-electron chi connectivity index (χ1n) is 13.8. The third kappa shape index (κ3) is 3.26. The minimum atomic E-state index is -0.00993. The lowest BCUT2D eigenvalue weighted by molar-refractivity contribution is -0.148. The van der Waals surface area contributed by atoms with E-state index < -0.39 is 0 Å². The van der Waals surface area contributed by atoms with Crippen molar-refractivity contribution >= 4 is 6.08 Å². The van der Waals surface area contributed by atoms with Crippen molar-refractivity contribution in [3.63, 3.8) is 0 Å². The molecule has 1 aromatic rings. The highest BCUT2D eigenvalue weighted by Gasteiger charge is 2.67. The van der Waals surface area contributed by atoms with Crippen molar-refractivity contribution in [3.8, 4) is 0 Å². The molecule has 3 aliphatic carbocycles. The summed E-state index contributed by atoms with van der Waals surface area (Å²) in [6, 6.07) is 2.14. The smallest absolute Gasteiger partial charge is 0.0944 e. The molecule has 2 aliphatic heterocycles. The van der Waals surface area contributed by atoms with E-state index >= 15 is 0 Å². The Labute approximate surface area is 206 Å². The molecule has 0 amide bonds. The van der Waals surface area contributed by atoms with Crippen LogP contribution in [0.4, 0.5) is 0 Å². The zero-order valence-electron chi connectivity index (χ0n) is 21.6. The molecule has 2 bridgehead atoms. The highest BCUT2D eigenvalue weighted by Crippen LogP contribution is 2.69. The number of nitrogens with one attached hydrogen (secondary N) is 1. The van der Waals surface area contributed by atoms with Gasteiger partial charge < -0.3 is 10.1 Å². The molecule has 3 nitrogen and oxygen atoms in total. The number of pyridine rings is 1. The lowest BCUT2D eigenvalue weighted by atomic mass is 9.55. The first kappa shape index (κ1) is 22.7. The van der Waals surface area contributed by atoms with Crippen molar-refractivity contribution in [2.45, 2.75) is 83.3 Å². The molecule has 7 atom stereocenters. The van der Waals surface area contributed by atoms with Crippen LogP contribution < -0.4 is 5.32 Å². The second-order valence-electron chi connectivity index (χ2n) is 12.4. The number of allylic oxidation sites excluding steroid dienone is 2. The van der Waals surface area contributed by atoms with E-state index in [-0.39, 0.29) is 11.2 Å².